The molecule has 0 aliphatic heterocycles. The smallest absolute Gasteiger partial charge is 0.0812 e. The largest absolute Gasteiger partial charge is 0.393 e. The molecule has 0 saturated carbocycles. The van der Waals surface area contributed by atoms with E-state index in [2.05, 4.69) is 13.2 Å². The van der Waals surface area contributed by atoms with Crippen LogP contribution in [0.1, 0.15) is 40.5 Å². The maximum Gasteiger partial charge on any atom is 0.0812 e. The van der Waals surface area contributed by atoms with Gasteiger partial charge in [-0.1, -0.05) is 24.3 Å². The summed E-state index contributed by atoms with van der Waals surface area (Å²) in [6, 6.07) is 0. The predicted molar refractivity (Wildman–Crippen MR) is 70.9 cm³/mol. The van der Waals surface area contributed by atoms with Gasteiger partial charge in [0.05, 0.1) is 24.4 Å². The van der Waals surface area contributed by atoms with E-state index in [1.165, 1.54) is 0 Å². The first-order valence-corrected chi connectivity index (χ1v) is 6.06. The second-order valence-electron chi connectivity index (χ2n) is 4.98. The molecule has 4 unspecified atom stereocenters. The normalized spacial score (nSPS) is 18.2. The number of aliphatic hydroxyl groups is 2. The Labute approximate surface area is 105 Å². The van der Waals surface area contributed by atoms with Gasteiger partial charge in [-0.3, -0.25) is 0 Å². The van der Waals surface area contributed by atoms with E-state index in [0.717, 1.165) is 11.1 Å². The molecule has 0 aromatic heterocycles. The van der Waals surface area contributed by atoms with E-state index in [4.69, 9.17) is 4.74 Å². The molecule has 17 heavy (non-hydrogen) atoms. The van der Waals surface area contributed by atoms with Crippen LogP contribution in [-0.2, 0) is 4.74 Å². The van der Waals surface area contributed by atoms with Crippen molar-refractivity contribution in [2.24, 2.45) is 0 Å². The number of hydrogen-bond acceptors (Lipinski definition) is 3. The second-order valence-corrected chi connectivity index (χ2v) is 4.98. The van der Waals surface area contributed by atoms with E-state index in [-0.39, 0.29) is 12.2 Å². The maximum absolute atomic E-state index is 9.41. The van der Waals surface area contributed by atoms with Gasteiger partial charge in [-0.15, -0.1) is 0 Å². The van der Waals surface area contributed by atoms with Gasteiger partial charge in [0, 0.05) is 12.8 Å². The molecule has 0 amide bonds. The average molecular weight is 242 g/mol. The SMILES string of the molecule is C=C(C)C(CC(C)O)OC(CC(C)O)C(=C)C. The van der Waals surface area contributed by atoms with Gasteiger partial charge >= 0.3 is 0 Å². The lowest BCUT2D eigenvalue weighted by Crippen LogP contribution is -2.29. The molecule has 0 aromatic carbocycles. The Bertz CT molecular complexity index is 230. The first-order chi connectivity index (χ1) is 7.73. The zero-order valence-electron chi connectivity index (χ0n) is 11.4. The Kier molecular flexibility index (Phi) is 7.35. The van der Waals surface area contributed by atoms with Crippen molar-refractivity contribution in [3.05, 3.63) is 24.3 Å². The van der Waals surface area contributed by atoms with Crippen molar-refractivity contribution in [1.29, 1.82) is 0 Å². The van der Waals surface area contributed by atoms with Crippen LogP contribution >= 0.6 is 0 Å². The highest BCUT2D eigenvalue weighted by atomic mass is 16.5. The summed E-state index contributed by atoms with van der Waals surface area (Å²) < 4.78 is 5.88. The number of aliphatic hydroxyl groups excluding tert-OH is 2. The Balaban J connectivity index is 4.56. The Hall–Kier alpha value is -0.640. The van der Waals surface area contributed by atoms with Gasteiger partial charge in [0.1, 0.15) is 0 Å². The number of rotatable bonds is 8. The van der Waals surface area contributed by atoms with Gasteiger partial charge in [-0.2, -0.15) is 0 Å². The van der Waals surface area contributed by atoms with Gasteiger partial charge in [-0.05, 0) is 27.7 Å². The summed E-state index contributed by atoms with van der Waals surface area (Å²) in [7, 11) is 0. The molecule has 0 radical (unpaired) electrons. The molecule has 0 fully saturated rings. The summed E-state index contributed by atoms with van der Waals surface area (Å²) >= 11 is 0. The predicted octanol–water partition coefficient (Wildman–Crippen LogP) is 2.43. The van der Waals surface area contributed by atoms with E-state index in [1.54, 1.807) is 13.8 Å². The van der Waals surface area contributed by atoms with Gasteiger partial charge in [0.25, 0.3) is 0 Å². The summed E-state index contributed by atoms with van der Waals surface area (Å²) in [5.41, 5.74) is 1.76. The molecule has 0 spiro atoms. The van der Waals surface area contributed by atoms with Crippen LogP contribution in [0, 0.1) is 0 Å². The van der Waals surface area contributed by atoms with Crippen LogP contribution in [0.4, 0.5) is 0 Å². The summed E-state index contributed by atoms with van der Waals surface area (Å²) in [5.74, 6) is 0. The zero-order chi connectivity index (χ0) is 13.6. The van der Waals surface area contributed by atoms with Gasteiger partial charge in [0.15, 0.2) is 0 Å². The van der Waals surface area contributed by atoms with Crippen molar-refractivity contribution >= 4 is 0 Å². The molecule has 0 aliphatic carbocycles. The highest BCUT2D eigenvalue weighted by Crippen LogP contribution is 2.19. The monoisotopic (exact) mass is 242 g/mol. The molecular formula is C14H26O3. The maximum atomic E-state index is 9.41. The molecule has 0 bridgehead atoms. The van der Waals surface area contributed by atoms with Crippen LogP contribution in [0.5, 0.6) is 0 Å². The van der Waals surface area contributed by atoms with Crippen LogP contribution in [0.25, 0.3) is 0 Å². The topological polar surface area (TPSA) is 49.7 Å². The van der Waals surface area contributed by atoms with E-state index in [1.807, 2.05) is 13.8 Å². The average Bonchev–Trinajstić information content (AvgIpc) is 2.13. The highest BCUT2D eigenvalue weighted by Gasteiger charge is 2.20. The lowest BCUT2D eigenvalue weighted by Gasteiger charge is -2.27. The lowest BCUT2D eigenvalue weighted by molar-refractivity contribution is -0.0167. The van der Waals surface area contributed by atoms with Crippen LogP contribution in [0.15, 0.2) is 24.3 Å². The van der Waals surface area contributed by atoms with E-state index >= 15 is 0 Å². The quantitative estimate of drug-likeness (QED) is 0.643. The molecule has 3 heteroatoms. The fraction of sp³-hybridized carbons (Fsp3) is 0.714. The molecule has 4 atom stereocenters. The summed E-state index contributed by atoms with van der Waals surface area (Å²) in [6.45, 7) is 15.0. The van der Waals surface area contributed by atoms with Gasteiger partial charge in [0.2, 0.25) is 0 Å². The fourth-order valence-electron chi connectivity index (χ4n) is 1.56. The van der Waals surface area contributed by atoms with Gasteiger partial charge in [-0.25, -0.2) is 0 Å². The minimum absolute atomic E-state index is 0.199. The van der Waals surface area contributed by atoms with Crippen molar-refractivity contribution in [3.8, 4) is 0 Å². The van der Waals surface area contributed by atoms with Crippen LogP contribution in [0.2, 0.25) is 0 Å². The van der Waals surface area contributed by atoms with Crippen molar-refractivity contribution in [1.82, 2.24) is 0 Å². The van der Waals surface area contributed by atoms with E-state index in [0.29, 0.717) is 12.8 Å². The summed E-state index contributed by atoms with van der Waals surface area (Å²) in [5, 5.41) is 18.8. The second kappa shape index (κ2) is 7.64. The Morgan fingerprint density at radius 3 is 1.41 bits per heavy atom. The number of ether oxygens (including phenoxy) is 1. The van der Waals surface area contributed by atoms with Crippen molar-refractivity contribution < 1.29 is 14.9 Å². The minimum atomic E-state index is -0.436. The Morgan fingerprint density at radius 1 is 0.941 bits per heavy atom. The highest BCUT2D eigenvalue weighted by molar-refractivity contribution is 5.04. The summed E-state index contributed by atoms with van der Waals surface area (Å²) in [6.07, 6.45) is -0.244. The van der Waals surface area contributed by atoms with Crippen molar-refractivity contribution in [2.75, 3.05) is 0 Å². The molecule has 100 valence electrons. The first kappa shape index (κ1) is 16.4. The van der Waals surface area contributed by atoms with Gasteiger partial charge < -0.3 is 14.9 Å². The van der Waals surface area contributed by atoms with E-state index < -0.39 is 12.2 Å². The van der Waals surface area contributed by atoms with Crippen LogP contribution in [-0.4, -0.2) is 34.6 Å². The molecule has 0 heterocycles. The van der Waals surface area contributed by atoms with Crippen LogP contribution < -0.4 is 0 Å². The summed E-state index contributed by atoms with van der Waals surface area (Å²) in [4.78, 5) is 0. The standard InChI is InChI=1S/C14H26O3/c1-9(2)13(7-11(5)15)17-14(10(3)4)8-12(6)16/h11-16H,1,3,7-8H2,2,4-6H3. The third-order valence-electron chi connectivity index (χ3n) is 2.54. The fourth-order valence-corrected chi connectivity index (χ4v) is 1.56. The molecule has 0 aliphatic rings. The molecule has 3 nitrogen and oxygen atoms in total. The van der Waals surface area contributed by atoms with Crippen molar-refractivity contribution in [3.63, 3.8) is 0 Å². The molecular weight excluding hydrogens is 216 g/mol. The third kappa shape index (κ3) is 7.31. The molecule has 0 saturated heterocycles. The number of hydrogen-bond donors (Lipinski definition) is 2. The first-order valence-electron chi connectivity index (χ1n) is 6.06. The Morgan fingerprint density at radius 2 is 1.24 bits per heavy atom. The molecule has 0 aromatic rings. The molecule has 2 N–H and O–H groups in total. The third-order valence-corrected chi connectivity index (χ3v) is 2.54. The molecule has 0 rings (SSSR count). The van der Waals surface area contributed by atoms with Crippen molar-refractivity contribution in [2.45, 2.75) is 65.0 Å². The van der Waals surface area contributed by atoms with E-state index in [9.17, 15) is 10.2 Å². The zero-order valence-corrected chi connectivity index (χ0v) is 11.4. The lowest BCUT2D eigenvalue weighted by atomic mass is 10.0. The minimum Gasteiger partial charge on any atom is -0.393 e. The van der Waals surface area contributed by atoms with Crippen LogP contribution in [0.3, 0.4) is 0 Å².